The maximum Gasteiger partial charge on any atom is 0.256 e. The summed E-state index contributed by atoms with van der Waals surface area (Å²) >= 11 is 6.57. The third kappa shape index (κ3) is 3.24. The van der Waals surface area contributed by atoms with E-state index < -0.39 is 5.82 Å². The Hall–Kier alpha value is -1.71. The van der Waals surface area contributed by atoms with Gasteiger partial charge in [0.25, 0.3) is 5.91 Å². The van der Waals surface area contributed by atoms with Crippen molar-refractivity contribution in [1.29, 1.82) is 5.26 Å². The van der Waals surface area contributed by atoms with Crippen molar-refractivity contribution in [3.8, 4) is 6.07 Å². The third-order valence-electron chi connectivity index (χ3n) is 2.52. The number of anilines is 1. The van der Waals surface area contributed by atoms with Crippen molar-refractivity contribution in [1.82, 2.24) is 0 Å². The second-order valence-corrected chi connectivity index (χ2v) is 5.65. The van der Waals surface area contributed by atoms with Crippen molar-refractivity contribution >= 4 is 43.5 Å². The van der Waals surface area contributed by atoms with Crippen LogP contribution >= 0.6 is 31.9 Å². The second-order valence-electron chi connectivity index (χ2n) is 3.88. The molecule has 100 valence electrons. The topological polar surface area (TPSA) is 52.9 Å². The van der Waals surface area contributed by atoms with Gasteiger partial charge in [-0.2, -0.15) is 5.26 Å². The molecule has 0 aliphatic heterocycles. The average molecular weight is 398 g/mol. The van der Waals surface area contributed by atoms with Gasteiger partial charge < -0.3 is 5.32 Å². The van der Waals surface area contributed by atoms with Crippen molar-refractivity contribution in [2.75, 3.05) is 5.32 Å². The summed E-state index contributed by atoms with van der Waals surface area (Å²) in [6, 6.07) is 10.6. The molecule has 0 aliphatic carbocycles. The van der Waals surface area contributed by atoms with Crippen molar-refractivity contribution in [2.24, 2.45) is 0 Å². The molecule has 0 spiro atoms. The molecule has 1 amide bonds. The van der Waals surface area contributed by atoms with Crippen LogP contribution in [-0.2, 0) is 0 Å². The summed E-state index contributed by atoms with van der Waals surface area (Å²) in [6.07, 6.45) is 0. The van der Waals surface area contributed by atoms with Gasteiger partial charge >= 0.3 is 0 Å². The molecule has 2 aromatic rings. The molecule has 0 fully saturated rings. The molecule has 3 nitrogen and oxygen atoms in total. The Morgan fingerprint density at radius 1 is 1.20 bits per heavy atom. The summed E-state index contributed by atoms with van der Waals surface area (Å²) in [5.74, 6) is -0.913. The molecule has 6 heteroatoms. The van der Waals surface area contributed by atoms with E-state index in [1.807, 2.05) is 6.07 Å². The monoisotopic (exact) mass is 396 g/mol. The number of amides is 1. The van der Waals surface area contributed by atoms with Crippen LogP contribution in [0.25, 0.3) is 0 Å². The number of rotatable bonds is 2. The van der Waals surface area contributed by atoms with Gasteiger partial charge in [0, 0.05) is 8.95 Å². The number of benzene rings is 2. The van der Waals surface area contributed by atoms with E-state index in [0.29, 0.717) is 10.0 Å². The molecule has 0 atom stereocenters. The van der Waals surface area contributed by atoms with E-state index in [1.54, 1.807) is 18.2 Å². The molecule has 0 aromatic heterocycles. The van der Waals surface area contributed by atoms with Crippen LogP contribution in [0.5, 0.6) is 0 Å². The van der Waals surface area contributed by atoms with Crippen LogP contribution in [-0.4, -0.2) is 5.91 Å². The first kappa shape index (κ1) is 14.7. The fourth-order valence-corrected chi connectivity index (χ4v) is 2.37. The number of nitriles is 1. The Bertz CT molecular complexity index is 726. The normalized spacial score (nSPS) is 9.90. The number of hydrogen-bond acceptors (Lipinski definition) is 2. The fraction of sp³-hybridized carbons (Fsp3) is 0. The van der Waals surface area contributed by atoms with Gasteiger partial charge in [-0.05, 0) is 52.3 Å². The first-order valence-corrected chi connectivity index (χ1v) is 7.06. The lowest BCUT2D eigenvalue weighted by molar-refractivity contribution is 0.102. The van der Waals surface area contributed by atoms with E-state index in [4.69, 9.17) is 5.26 Å². The first-order valence-electron chi connectivity index (χ1n) is 5.47. The number of carbonyl (C=O) groups is 1. The minimum absolute atomic E-state index is 0.0736. The average Bonchev–Trinajstić information content (AvgIpc) is 2.43. The lowest BCUT2D eigenvalue weighted by Gasteiger charge is -2.09. The zero-order chi connectivity index (χ0) is 14.7. The van der Waals surface area contributed by atoms with Crippen molar-refractivity contribution < 1.29 is 9.18 Å². The van der Waals surface area contributed by atoms with Crippen molar-refractivity contribution in [2.45, 2.75) is 0 Å². The molecule has 2 aromatic carbocycles. The second kappa shape index (κ2) is 6.16. The maximum absolute atomic E-state index is 13.0. The van der Waals surface area contributed by atoms with Gasteiger partial charge in [0.15, 0.2) is 0 Å². The van der Waals surface area contributed by atoms with E-state index in [2.05, 4.69) is 37.2 Å². The highest BCUT2D eigenvalue weighted by atomic mass is 79.9. The highest BCUT2D eigenvalue weighted by Crippen LogP contribution is 2.23. The van der Waals surface area contributed by atoms with Crippen LogP contribution in [0.2, 0.25) is 0 Å². The van der Waals surface area contributed by atoms with Crippen LogP contribution in [0.4, 0.5) is 10.1 Å². The fourth-order valence-electron chi connectivity index (χ4n) is 1.58. The minimum atomic E-state index is -0.525. The molecule has 20 heavy (non-hydrogen) atoms. The Balaban J connectivity index is 2.33. The number of nitrogens with zero attached hydrogens (tertiary/aromatic N) is 1. The lowest BCUT2D eigenvalue weighted by atomic mass is 10.1. The SMILES string of the molecule is N#Cc1cc(F)ccc1NC(=O)c1cc(Br)ccc1Br. The van der Waals surface area contributed by atoms with E-state index in [9.17, 15) is 9.18 Å². The molecular formula is C14H7Br2FN2O. The van der Waals surface area contributed by atoms with Gasteiger partial charge in [-0.25, -0.2) is 4.39 Å². The standard InChI is InChI=1S/C14H7Br2FN2O/c15-9-1-3-12(16)11(6-9)14(20)19-13-4-2-10(17)5-8(13)7-18/h1-6H,(H,19,20). The van der Waals surface area contributed by atoms with Crippen LogP contribution < -0.4 is 5.32 Å². The van der Waals surface area contributed by atoms with Crippen LogP contribution in [0.15, 0.2) is 45.3 Å². The summed E-state index contributed by atoms with van der Waals surface area (Å²) in [5, 5.41) is 11.5. The van der Waals surface area contributed by atoms with Gasteiger partial charge in [0.05, 0.1) is 16.8 Å². The molecule has 0 radical (unpaired) electrons. The summed E-state index contributed by atoms with van der Waals surface area (Å²) in [5.41, 5.74) is 0.753. The van der Waals surface area contributed by atoms with Crippen molar-refractivity contribution in [3.63, 3.8) is 0 Å². The van der Waals surface area contributed by atoms with Crippen LogP contribution in [0.3, 0.4) is 0 Å². The van der Waals surface area contributed by atoms with E-state index in [1.165, 1.54) is 12.1 Å². The van der Waals surface area contributed by atoms with E-state index in [0.717, 1.165) is 10.5 Å². The molecule has 0 saturated carbocycles. The first-order chi connectivity index (χ1) is 9.51. The molecule has 2 rings (SSSR count). The number of halogens is 3. The highest BCUT2D eigenvalue weighted by Gasteiger charge is 2.13. The third-order valence-corrected chi connectivity index (χ3v) is 3.71. The van der Waals surface area contributed by atoms with Gasteiger partial charge in [-0.15, -0.1) is 0 Å². The van der Waals surface area contributed by atoms with Crippen LogP contribution in [0, 0.1) is 17.1 Å². The summed E-state index contributed by atoms with van der Waals surface area (Å²) in [7, 11) is 0. The van der Waals surface area contributed by atoms with Gasteiger partial charge in [0.1, 0.15) is 11.9 Å². The lowest BCUT2D eigenvalue weighted by Crippen LogP contribution is -2.13. The Morgan fingerprint density at radius 2 is 1.95 bits per heavy atom. The maximum atomic E-state index is 13.0. The summed E-state index contributed by atoms with van der Waals surface area (Å²) in [6.45, 7) is 0. The predicted molar refractivity (Wildman–Crippen MR) is 80.9 cm³/mol. The number of hydrogen-bond donors (Lipinski definition) is 1. The van der Waals surface area contributed by atoms with Crippen molar-refractivity contribution in [3.05, 3.63) is 62.3 Å². The van der Waals surface area contributed by atoms with E-state index in [-0.39, 0.29) is 17.2 Å². The minimum Gasteiger partial charge on any atom is -0.321 e. The predicted octanol–water partition coefficient (Wildman–Crippen LogP) is 4.47. The largest absolute Gasteiger partial charge is 0.321 e. The molecule has 0 heterocycles. The zero-order valence-corrected chi connectivity index (χ0v) is 13.1. The molecular weight excluding hydrogens is 391 g/mol. The van der Waals surface area contributed by atoms with E-state index >= 15 is 0 Å². The molecule has 0 aliphatic rings. The molecule has 0 bridgehead atoms. The summed E-state index contributed by atoms with van der Waals surface area (Å²) < 4.78 is 14.4. The number of carbonyl (C=O) groups excluding carboxylic acids is 1. The quantitative estimate of drug-likeness (QED) is 0.812. The van der Waals surface area contributed by atoms with Gasteiger partial charge in [-0.3, -0.25) is 4.79 Å². The molecule has 1 N–H and O–H groups in total. The number of nitrogens with one attached hydrogen (secondary N) is 1. The Kier molecular flexibility index (Phi) is 4.53. The summed E-state index contributed by atoms with van der Waals surface area (Å²) in [4.78, 5) is 12.2. The molecule has 0 unspecified atom stereocenters. The Morgan fingerprint density at radius 3 is 2.65 bits per heavy atom. The molecule has 0 saturated heterocycles. The smallest absolute Gasteiger partial charge is 0.256 e. The Labute approximate surface area is 131 Å². The highest BCUT2D eigenvalue weighted by molar-refractivity contribution is 9.11. The van der Waals surface area contributed by atoms with Gasteiger partial charge in [0.2, 0.25) is 0 Å². The zero-order valence-electron chi connectivity index (χ0n) is 9.95. The van der Waals surface area contributed by atoms with Gasteiger partial charge in [-0.1, -0.05) is 15.9 Å². The van der Waals surface area contributed by atoms with Crippen LogP contribution in [0.1, 0.15) is 15.9 Å².